The van der Waals surface area contributed by atoms with Crippen LogP contribution in [0, 0.1) is 0 Å². The van der Waals surface area contributed by atoms with Crippen molar-refractivity contribution in [3.05, 3.63) is 229 Å². The summed E-state index contributed by atoms with van der Waals surface area (Å²) in [6.45, 7) is 0. The van der Waals surface area contributed by atoms with E-state index in [0.717, 1.165) is 35.6 Å². The Balaban J connectivity index is 1.03. The molecule has 10 aromatic carbocycles. The van der Waals surface area contributed by atoms with Crippen LogP contribution in [0.25, 0.3) is 65.7 Å². The monoisotopic (exact) mass is 750 g/mol. The maximum absolute atomic E-state index is 5.09. The largest absolute Gasteiger partial charge is 0.310 e. The zero-order valence-electron chi connectivity index (χ0n) is 32.4. The second-order valence-electron chi connectivity index (χ2n) is 15.9. The molecule has 0 saturated heterocycles. The Hall–Kier alpha value is -7.55. The Labute approximate surface area is 344 Å². The van der Waals surface area contributed by atoms with Crippen LogP contribution in [-0.4, -0.2) is 5.71 Å². The van der Waals surface area contributed by atoms with Crippen LogP contribution in [-0.2, 0) is 12.8 Å². The van der Waals surface area contributed by atoms with E-state index in [0.29, 0.717) is 0 Å². The molecule has 1 heterocycles. The molecule has 1 aliphatic carbocycles. The molecule has 0 atom stereocenters. The minimum atomic E-state index is 0.859. The number of fused-ring (bicyclic) bond motifs is 9. The molecule has 2 heteroatoms. The molecule has 59 heavy (non-hydrogen) atoms. The van der Waals surface area contributed by atoms with E-state index in [1.807, 2.05) is 0 Å². The van der Waals surface area contributed by atoms with Gasteiger partial charge in [-0.2, -0.15) is 0 Å². The number of nitrogens with zero attached hydrogens (tertiary/aromatic N) is 2. The normalized spacial score (nSPS) is 12.7. The smallest absolute Gasteiger partial charge is 0.0669 e. The van der Waals surface area contributed by atoms with Gasteiger partial charge in [-0.25, -0.2) is 0 Å². The third-order valence-electron chi connectivity index (χ3n) is 12.5. The molecule has 0 unspecified atom stereocenters. The van der Waals surface area contributed by atoms with Crippen molar-refractivity contribution in [1.29, 1.82) is 0 Å². The van der Waals surface area contributed by atoms with Gasteiger partial charge in [0.15, 0.2) is 0 Å². The number of para-hydroxylation sites is 1. The summed E-state index contributed by atoms with van der Waals surface area (Å²) in [6.07, 6.45) is 1.72. The van der Waals surface area contributed by atoms with Crippen molar-refractivity contribution in [2.75, 3.05) is 4.90 Å². The Morgan fingerprint density at radius 2 is 0.966 bits per heavy atom. The van der Waals surface area contributed by atoms with E-state index in [2.05, 4.69) is 211 Å². The molecule has 2 aliphatic rings. The second kappa shape index (κ2) is 13.5. The number of hydrogen-bond donors (Lipinski definition) is 0. The topological polar surface area (TPSA) is 15.6 Å². The Kier molecular flexibility index (Phi) is 7.71. The third-order valence-corrected chi connectivity index (χ3v) is 12.5. The van der Waals surface area contributed by atoms with E-state index in [1.165, 1.54) is 93.6 Å². The van der Waals surface area contributed by atoms with Crippen LogP contribution in [0.1, 0.15) is 22.3 Å². The highest BCUT2D eigenvalue weighted by Crippen LogP contribution is 2.50. The van der Waals surface area contributed by atoms with Gasteiger partial charge in [-0.05, 0) is 136 Å². The first-order chi connectivity index (χ1) is 29.2. The van der Waals surface area contributed by atoms with Crippen LogP contribution in [0.4, 0.5) is 22.7 Å². The van der Waals surface area contributed by atoms with E-state index >= 15 is 0 Å². The Morgan fingerprint density at radius 1 is 0.373 bits per heavy atom. The van der Waals surface area contributed by atoms with Crippen LogP contribution >= 0.6 is 0 Å². The van der Waals surface area contributed by atoms with Crippen LogP contribution in [0.2, 0.25) is 0 Å². The van der Waals surface area contributed by atoms with Gasteiger partial charge in [-0.15, -0.1) is 0 Å². The number of rotatable bonds is 6. The number of anilines is 3. The molecule has 0 spiro atoms. The molecule has 0 saturated carbocycles. The lowest BCUT2D eigenvalue weighted by Crippen LogP contribution is -2.12. The Morgan fingerprint density at radius 3 is 1.73 bits per heavy atom. The molecule has 10 aromatic rings. The van der Waals surface area contributed by atoms with Gasteiger partial charge in [-0.1, -0.05) is 158 Å². The molecule has 12 rings (SSSR count). The van der Waals surface area contributed by atoms with Gasteiger partial charge in [0.2, 0.25) is 0 Å². The van der Waals surface area contributed by atoms with Crippen LogP contribution in [0.5, 0.6) is 0 Å². The fourth-order valence-electron chi connectivity index (χ4n) is 9.64. The number of benzene rings is 10. The maximum atomic E-state index is 5.09. The molecule has 0 fully saturated rings. The fraction of sp³-hybridized carbons (Fsp3) is 0.0351. The minimum absolute atomic E-state index is 0.859. The molecule has 0 amide bonds. The van der Waals surface area contributed by atoms with Crippen molar-refractivity contribution in [3.63, 3.8) is 0 Å². The van der Waals surface area contributed by atoms with Gasteiger partial charge in [0.05, 0.1) is 17.1 Å². The highest BCUT2D eigenvalue weighted by atomic mass is 15.1. The summed E-state index contributed by atoms with van der Waals surface area (Å²) in [5, 5.41) is 7.61. The highest BCUT2D eigenvalue weighted by Gasteiger charge is 2.29. The van der Waals surface area contributed by atoms with Gasteiger partial charge < -0.3 is 4.90 Å². The highest BCUT2D eigenvalue weighted by molar-refractivity contribution is 6.14. The van der Waals surface area contributed by atoms with Gasteiger partial charge in [0, 0.05) is 24.2 Å². The lowest BCUT2D eigenvalue weighted by molar-refractivity contribution is 1.20. The van der Waals surface area contributed by atoms with E-state index in [1.54, 1.807) is 0 Å². The first-order valence-corrected chi connectivity index (χ1v) is 20.5. The fourth-order valence-corrected chi connectivity index (χ4v) is 9.64. The average molecular weight is 751 g/mol. The predicted molar refractivity (Wildman–Crippen MR) is 249 cm³/mol. The molecular formula is C57H38N2. The first-order valence-electron chi connectivity index (χ1n) is 20.5. The van der Waals surface area contributed by atoms with Gasteiger partial charge in [-0.3, -0.25) is 4.99 Å². The Bertz CT molecular complexity index is 3300. The summed E-state index contributed by atoms with van der Waals surface area (Å²) in [5.41, 5.74) is 18.4. The zero-order chi connectivity index (χ0) is 38.9. The van der Waals surface area contributed by atoms with Crippen molar-refractivity contribution in [1.82, 2.24) is 0 Å². The minimum Gasteiger partial charge on any atom is -0.310 e. The summed E-state index contributed by atoms with van der Waals surface area (Å²) in [4.78, 5) is 7.57. The number of aliphatic imine (C=N–C) groups is 1. The molecule has 0 aromatic heterocycles. The van der Waals surface area contributed by atoms with Gasteiger partial charge in [0.1, 0.15) is 0 Å². The van der Waals surface area contributed by atoms with E-state index in [4.69, 9.17) is 4.99 Å². The number of hydrogen-bond acceptors (Lipinski definition) is 2. The SMILES string of the molecule is c1ccc(-c2ccc(N(c3ccc(-c4cc5ccccc5c5ccccc45)cc3)c3cc4ccccc4c4c3Cc3ccc(C5=Nc6ccccc6C5)cc3-4)cc2)cc1. The second-order valence-corrected chi connectivity index (χ2v) is 15.9. The molecule has 1 aliphatic heterocycles. The van der Waals surface area contributed by atoms with Gasteiger partial charge in [0.25, 0.3) is 0 Å². The third kappa shape index (κ3) is 5.60. The van der Waals surface area contributed by atoms with E-state index < -0.39 is 0 Å². The van der Waals surface area contributed by atoms with Crippen molar-refractivity contribution in [3.8, 4) is 33.4 Å². The van der Waals surface area contributed by atoms with Crippen LogP contribution < -0.4 is 4.90 Å². The van der Waals surface area contributed by atoms with Crippen molar-refractivity contribution >= 4 is 60.8 Å². The van der Waals surface area contributed by atoms with Crippen molar-refractivity contribution in [2.45, 2.75) is 12.8 Å². The summed E-state index contributed by atoms with van der Waals surface area (Å²) in [5.74, 6) is 0. The zero-order valence-corrected chi connectivity index (χ0v) is 32.4. The quantitative estimate of drug-likeness (QED) is 0.155. The first kappa shape index (κ1) is 33.6. The van der Waals surface area contributed by atoms with Crippen molar-refractivity contribution < 1.29 is 0 Å². The lowest BCUT2D eigenvalue weighted by Gasteiger charge is -2.29. The summed E-state index contributed by atoms with van der Waals surface area (Å²) < 4.78 is 0. The standard InChI is InChI=1S/C57H38N2/c1-2-12-37(13-3-1)38-24-28-45(29-25-38)59(46-30-26-39(27-31-46)51-32-40-14-4-7-17-47(40)49-19-9-10-20-50(49)51)56-36-41-15-5-8-18-48(41)57-52-34-44(23-22-42(52)33-53(56)57)55-35-43-16-6-11-21-54(43)58-55/h1-32,34,36H,33,35H2. The van der Waals surface area contributed by atoms with E-state index in [9.17, 15) is 0 Å². The lowest BCUT2D eigenvalue weighted by atomic mass is 9.93. The molecule has 2 nitrogen and oxygen atoms in total. The molecule has 0 radical (unpaired) electrons. The summed E-state index contributed by atoms with van der Waals surface area (Å²) in [7, 11) is 0. The molecular weight excluding hydrogens is 713 g/mol. The average Bonchev–Trinajstić information content (AvgIpc) is 3.92. The van der Waals surface area contributed by atoms with Crippen LogP contribution in [0.15, 0.2) is 211 Å². The maximum Gasteiger partial charge on any atom is 0.0669 e. The summed E-state index contributed by atoms with van der Waals surface area (Å²) in [6, 6.07) is 75.7. The molecule has 276 valence electrons. The molecule has 0 N–H and O–H groups in total. The van der Waals surface area contributed by atoms with Crippen molar-refractivity contribution in [2.24, 2.45) is 4.99 Å². The molecule has 0 bridgehead atoms. The van der Waals surface area contributed by atoms with E-state index in [-0.39, 0.29) is 0 Å². The van der Waals surface area contributed by atoms with Gasteiger partial charge >= 0.3 is 0 Å². The predicted octanol–water partition coefficient (Wildman–Crippen LogP) is 15.2. The van der Waals surface area contributed by atoms with Crippen LogP contribution in [0.3, 0.4) is 0 Å². The summed E-state index contributed by atoms with van der Waals surface area (Å²) >= 11 is 0.